The molecule has 0 N–H and O–H groups in total. The van der Waals surface area contributed by atoms with E-state index in [1.807, 2.05) is 0 Å². The molecule has 0 atom stereocenters. The third kappa shape index (κ3) is 3.79. The first-order chi connectivity index (χ1) is 13.2. The molecule has 146 valence electrons. The Morgan fingerprint density at radius 3 is 0.929 bits per heavy atom. The largest absolute Gasteiger partial charge is 0.182 e. The predicted molar refractivity (Wildman–Crippen MR) is 126 cm³/mol. The van der Waals surface area contributed by atoms with Gasteiger partial charge in [-0.15, -0.1) is 0 Å². The maximum Gasteiger partial charge on any atom is 0.182 e. The molecule has 0 aliphatic carbocycles. The van der Waals surface area contributed by atoms with E-state index in [0.717, 1.165) is 0 Å². The van der Waals surface area contributed by atoms with Gasteiger partial charge < -0.3 is 0 Å². The van der Waals surface area contributed by atoms with Gasteiger partial charge in [0.05, 0.1) is 0 Å². The zero-order chi connectivity index (χ0) is 20.4. The lowest BCUT2D eigenvalue weighted by Gasteiger charge is -2.50. The van der Waals surface area contributed by atoms with Gasteiger partial charge >= 0.3 is 0 Å². The molecule has 3 aromatic rings. The molecule has 3 aromatic carbocycles. The first-order valence-corrected chi connectivity index (χ1v) is 11.8. The molecule has 0 bridgehead atoms. The van der Waals surface area contributed by atoms with Crippen LogP contribution in [-0.4, -0.2) is 15.7 Å². The molecular formula is C26H33NP+. The molecular weight excluding hydrogens is 357 g/mol. The molecule has 0 amide bonds. The number of hydrogen-bond donors (Lipinski definition) is 0. The lowest BCUT2D eigenvalue weighted by atomic mass is 10.0. The quantitative estimate of drug-likeness (QED) is 0.509. The van der Waals surface area contributed by atoms with Crippen molar-refractivity contribution in [2.45, 2.75) is 52.6 Å². The molecule has 1 nitrogen and oxygen atoms in total. The summed E-state index contributed by atoms with van der Waals surface area (Å²) in [7, 11) is -2.07. The van der Waals surface area contributed by atoms with Crippen LogP contribution in [0.5, 0.6) is 0 Å². The van der Waals surface area contributed by atoms with Gasteiger partial charge in [0.1, 0.15) is 15.9 Å². The topological polar surface area (TPSA) is 3.24 Å². The van der Waals surface area contributed by atoms with Crippen LogP contribution in [0.1, 0.15) is 41.5 Å². The lowest BCUT2D eigenvalue weighted by Crippen LogP contribution is -2.58. The van der Waals surface area contributed by atoms with Crippen molar-refractivity contribution in [1.29, 1.82) is 0 Å². The van der Waals surface area contributed by atoms with E-state index in [9.17, 15) is 0 Å². The average molecular weight is 391 g/mol. The van der Waals surface area contributed by atoms with Crippen molar-refractivity contribution in [2.75, 3.05) is 0 Å². The first kappa shape index (κ1) is 20.8. The molecule has 0 saturated heterocycles. The van der Waals surface area contributed by atoms with Gasteiger partial charge in [-0.1, -0.05) is 54.6 Å². The molecule has 0 spiro atoms. The predicted octanol–water partition coefficient (Wildman–Crippen LogP) is 5.79. The fourth-order valence-electron chi connectivity index (χ4n) is 4.63. The Balaban J connectivity index is 2.51. The van der Waals surface area contributed by atoms with Crippen LogP contribution >= 0.6 is 7.41 Å². The second-order valence-corrected chi connectivity index (χ2v) is 12.5. The van der Waals surface area contributed by atoms with Gasteiger partial charge in [-0.2, -0.15) is 4.67 Å². The van der Waals surface area contributed by atoms with Crippen molar-refractivity contribution in [3.05, 3.63) is 91.0 Å². The minimum absolute atomic E-state index is 0.0203. The summed E-state index contributed by atoms with van der Waals surface area (Å²) in [6, 6.07) is 33.3. The van der Waals surface area contributed by atoms with Gasteiger partial charge in [0.2, 0.25) is 0 Å². The molecule has 0 unspecified atom stereocenters. The van der Waals surface area contributed by atoms with Gasteiger partial charge in [0.15, 0.2) is 7.41 Å². The summed E-state index contributed by atoms with van der Waals surface area (Å²) >= 11 is 0. The normalized spacial score (nSPS) is 13.0. The Labute approximate surface area is 171 Å². The van der Waals surface area contributed by atoms with Crippen LogP contribution in [0.3, 0.4) is 0 Å². The standard InChI is InChI=1S/C26H33NP/c1-25(2,3)27(26(4,5)6)28(22-16-10-7-11-17-22,23-18-12-8-13-19-23)24-20-14-9-15-21-24/h7-21H,1-6H3/q+1. The lowest BCUT2D eigenvalue weighted by molar-refractivity contribution is 0.148. The molecule has 2 heteroatoms. The highest BCUT2D eigenvalue weighted by Crippen LogP contribution is 2.64. The Morgan fingerprint density at radius 2 is 0.714 bits per heavy atom. The fraction of sp³-hybridized carbons (Fsp3) is 0.308. The Kier molecular flexibility index (Phi) is 5.80. The minimum Gasteiger partial charge on any atom is -0.156 e. The van der Waals surface area contributed by atoms with E-state index in [2.05, 4.69) is 137 Å². The summed E-state index contributed by atoms with van der Waals surface area (Å²) in [5, 5.41) is 4.20. The second-order valence-electron chi connectivity index (χ2n) is 9.30. The highest BCUT2D eigenvalue weighted by atomic mass is 31.2. The summed E-state index contributed by atoms with van der Waals surface area (Å²) < 4.78 is 2.78. The third-order valence-electron chi connectivity index (χ3n) is 4.96. The van der Waals surface area contributed by atoms with E-state index in [4.69, 9.17) is 0 Å². The summed E-state index contributed by atoms with van der Waals surface area (Å²) in [5.41, 5.74) is -0.0406. The number of benzene rings is 3. The Bertz CT molecular complexity index is 764. The van der Waals surface area contributed by atoms with Crippen LogP contribution in [0.2, 0.25) is 0 Å². The summed E-state index contributed by atoms with van der Waals surface area (Å²) in [4.78, 5) is 0. The number of hydrogen-bond acceptors (Lipinski definition) is 1. The van der Waals surface area contributed by atoms with E-state index in [-0.39, 0.29) is 11.1 Å². The molecule has 0 radical (unpaired) electrons. The minimum atomic E-state index is -2.07. The summed E-state index contributed by atoms with van der Waals surface area (Å²) in [6.07, 6.45) is 0. The average Bonchev–Trinajstić information content (AvgIpc) is 2.66. The summed E-state index contributed by atoms with van der Waals surface area (Å²) in [6.45, 7) is 14.1. The van der Waals surface area contributed by atoms with Crippen molar-refractivity contribution in [3.8, 4) is 0 Å². The summed E-state index contributed by atoms with van der Waals surface area (Å²) in [5.74, 6) is 0. The Hall–Kier alpha value is -1.95. The number of rotatable bonds is 4. The monoisotopic (exact) mass is 390 g/mol. The van der Waals surface area contributed by atoms with Crippen LogP contribution < -0.4 is 15.9 Å². The van der Waals surface area contributed by atoms with Gasteiger partial charge in [-0.25, -0.2) is 0 Å². The van der Waals surface area contributed by atoms with E-state index in [0.29, 0.717) is 0 Å². The van der Waals surface area contributed by atoms with E-state index < -0.39 is 7.41 Å². The molecule has 0 aromatic heterocycles. The van der Waals surface area contributed by atoms with Gasteiger partial charge in [0.25, 0.3) is 0 Å². The number of nitrogens with zero attached hydrogens (tertiary/aromatic N) is 1. The molecule has 28 heavy (non-hydrogen) atoms. The van der Waals surface area contributed by atoms with Crippen LogP contribution in [-0.2, 0) is 0 Å². The van der Waals surface area contributed by atoms with Crippen molar-refractivity contribution in [2.24, 2.45) is 0 Å². The van der Waals surface area contributed by atoms with Crippen LogP contribution in [0.4, 0.5) is 0 Å². The zero-order valence-electron chi connectivity index (χ0n) is 18.1. The van der Waals surface area contributed by atoms with Crippen molar-refractivity contribution >= 4 is 23.3 Å². The van der Waals surface area contributed by atoms with Crippen molar-refractivity contribution < 1.29 is 0 Å². The van der Waals surface area contributed by atoms with E-state index in [1.165, 1.54) is 15.9 Å². The maximum absolute atomic E-state index is 2.78. The van der Waals surface area contributed by atoms with Crippen LogP contribution in [0, 0.1) is 0 Å². The van der Waals surface area contributed by atoms with Crippen LogP contribution in [0.15, 0.2) is 91.0 Å². The molecule has 0 heterocycles. The smallest absolute Gasteiger partial charge is 0.156 e. The van der Waals surface area contributed by atoms with Crippen molar-refractivity contribution in [1.82, 2.24) is 4.67 Å². The third-order valence-corrected chi connectivity index (χ3v) is 9.90. The maximum atomic E-state index is 2.78. The first-order valence-electron chi connectivity index (χ1n) is 10.1. The van der Waals surface area contributed by atoms with E-state index >= 15 is 0 Å². The second kappa shape index (κ2) is 7.82. The fourth-order valence-corrected chi connectivity index (χ4v) is 9.83. The van der Waals surface area contributed by atoms with Gasteiger partial charge in [0, 0.05) is 11.1 Å². The van der Waals surface area contributed by atoms with E-state index in [1.54, 1.807) is 0 Å². The Morgan fingerprint density at radius 1 is 0.464 bits per heavy atom. The SMILES string of the molecule is CC(C)(C)N(C(C)(C)C)[P+](c1ccccc1)(c1ccccc1)c1ccccc1. The molecule has 0 saturated carbocycles. The highest BCUT2D eigenvalue weighted by Gasteiger charge is 2.59. The van der Waals surface area contributed by atoms with Gasteiger partial charge in [-0.05, 0) is 77.9 Å². The zero-order valence-corrected chi connectivity index (χ0v) is 18.9. The van der Waals surface area contributed by atoms with Crippen molar-refractivity contribution in [3.63, 3.8) is 0 Å². The molecule has 0 fully saturated rings. The molecule has 0 aliphatic heterocycles. The van der Waals surface area contributed by atoms with Crippen LogP contribution in [0.25, 0.3) is 0 Å². The molecule has 0 aliphatic rings. The highest BCUT2D eigenvalue weighted by molar-refractivity contribution is 7.93. The van der Waals surface area contributed by atoms with Gasteiger partial charge in [-0.3, -0.25) is 0 Å². The molecule has 3 rings (SSSR count).